The Morgan fingerprint density at radius 2 is 1.41 bits per heavy atom. The standard InChI is InChI=1S/C33H42N4O4/c1-23(31(40)34-22-21-26-15-10-14-25-13-8-9-16-27(25)26)35-32(41)28(18-20-30(39)37-33(2,3)4)36-29(38)19-17-24-11-6-5-7-12-24/h5-16,23,28H,17-22H2,1-4H3,(H,34,40)(H,35,41)(H,36,38)(H,37,39)/t23-,28-/m0/s1. The molecule has 3 aromatic rings. The maximum atomic E-state index is 13.2. The van der Waals surface area contributed by atoms with E-state index in [4.69, 9.17) is 0 Å². The molecule has 0 aliphatic heterocycles. The molecule has 0 unspecified atom stereocenters. The van der Waals surface area contributed by atoms with Gasteiger partial charge in [-0.3, -0.25) is 19.2 Å². The number of fused-ring (bicyclic) bond motifs is 1. The van der Waals surface area contributed by atoms with E-state index in [1.54, 1.807) is 6.92 Å². The number of amides is 4. The molecule has 0 bridgehead atoms. The fourth-order valence-electron chi connectivity index (χ4n) is 4.56. The Morgan fingerprint density at radius 3 is 2.15 bits per heavy atom. The molecule has 41 heavy (non-hydrogen) atoms. The quantitative estimate of drug-likeness (QED) is 0.255. The summed E-state index contributed by atoms with van der Waals surface area (Å²) in [6, 6.07) is 22.0. The summed E-state index contributed by atoms with van der Waals surface area (Å²) in [5.74, 6) is -1.33. The van der Waals surface area contributed by atoms with Gasteiger partial charge in [-0.1, -0.05) is 72.8 Å². The van der Waals surface area contributed by atoms with Crippen molar-refractivity contribution in [1.29, 1.82) is 0 Å². The number of hydrogen-bond acceptors (Lipinski definition) is 4. The van der Waals surface area contributed by atoms with Crippen molar-refractivity contribution in [3.63, 3.8) is 0 Å². The Bertz CT molecular complexity index is 1330. The molecule has 8 heteroatoms. The number of benzene rings is 3. The molecular weight excluding hydrogens is 516 g/mol. The van der Waals surface area contributed by atoms with Crippen molar-refractivity contribution in [2.45, 2.75) is 77.4 Å². The smallest absolute Gasteiger partial charge is 0.243 e. The second-order valence-corrected chi connectivity index (χ2v) is 11.4. The summed E-state index contributed by atoms with van der Waals surface area (Å²) in [6.45, 7) is 7.65. The Kier molecular flexibility index (Phi) is 11.4. The first kappa shape index (κ1) is 31.3. The highest BCUT2D eigenvalue weighted by Gasteiger charge is 2.26. The highest BCUT2D eigenvalue weighted by molar-refractivity contribution is 5.92. The zero-order chi connectivity index (χ0) is 29.8. The summed E-state index contributed by atoms with van der Waals surface area (Å²) in [6.07, 6.45) is 1.55. The monoisotopic (exact) mass is 558 g/mol. The molecule has 3 rings (SSSR count). The summed E-state index contributed by atoms with van der Waals surface area (Å²) in [5.41, 5.74) is 1.74. The third-order valence-corrected chi connectivity index (χ3v) is 6.64. The Balaban J connectivity index is 1.55. The van der Waals surface area contributed by atoms with Crippen molar-refractivity contribution in [3.8, 4) is 0 Å². The SMILES string of the molecule is C[C@H](NC(=O)[C@H](CCC(=O)NC(C)(C)C)NC(=O)CCc1ccccc1)C(=O)NCCc1cccc2ccccc12. The lowest BCUT2D eigenvalue weighted by atomic mass is 10.0. The minimum Gasteiger partial charge on any atom is -0.354 e. The van der Waals surface area contributed by atoms with Crippen LogP contribution in [0.4, 0.5) is 0 Å². The molecule has 0 aliphatic carbocycles. The van der Waals surface area contributed by atoms with Crippen LogP contribution in [0.1, 0.15) is 58.1 Å². The topological polar surface area (TPSA) is 116 Å². The van der Waals surface area contributed by atoms with Crippen molar-refractivity contribution >= 4 is 34.4 Å². The van der Waals surface area contributed by atoms with Crippen LogP contribution in [-0.2, 0) is 32.0 Å². The summed E-state index contributed by atoms with van der Waals surface area (Å²) < 4.78 is 0. The number of aryl methyl sites for hydroxylation is 1. The van der Waals surface area contributed by atoms with Crippen molar-refractivity contribution in [1.82, 2.24) is 21.3 Å². The van der Waals surface area contributed by atoms with Gasteiger partial charge in [-0.25, -0.2) is 0 Å². The van der Waals surface area contributed by atoms with Crippen molar-refractivity contribution < 1.29 is 19.2 Å². The van der Waals surface area contributed by atoms with Crippen LogP contribution in [-0.4, -0.2) is 47.8 Å². The van der Waals surface area contributed by atoms with Gasteiger partial charge in [-0.2, -0.15) is 0 Å². The van der Waals surface area contributed by atoms with Gasteiger partial charge >= 0.3 is 0 Å². The predicted octanol–water partition coefficient (Wildman–Crippen LogP) is 3.82. The zero-order valence-electron chi connectivity index (χ0n) is 24.5. The minimum absolute atomic E-state index is 0.0555. The lowest BCUT2D eigenvalue weighted by molar-refractivity contribution is -0.132. The highest BCUT2D eigenvalue weighted by atomic mass is 16.2. The van der Waals surface area contributed by atoms with Crippen LogP contribution in [0.15, 0.2) is 72.8 Å². The van der Waals surface area contributed by atoms with Gasteiger partial charge in [0.15, 0.2) is 0 Å². The molecule has 0 saturated carbocycles. The van der Waals surface area contributed by atoms with Crippen molar-refractivity contribution in [2.24, 2.45) is 0 Å². The van der Waals surface area contributed by atoms with Gasteiger partial charge in [-0.15, -0.1) is 0 Å². The van der Waals surface area contributed by atoms with E-state index in [9.17, 15) is 19.2 Å². The number of nitrogens with one attached hydrogen (secondary N) is 4. The third-order valence-electron chi connectivity index (χ3n) is 6.64. The average Bonchev–Trinajstić information content (AvgIpc) is 2.93. The zero-order valence-corrected chi connectivity index (χ0v) is 24.5. The fraction of sp³-hybridized carbons (Fsp3) is 0.394. The summed E-state index contributed by atoms with van der Waals surface area (Å²) in [4.78, 5) is 51.1. The van der Waals surface area contributed by atoms with E-state index in [1.807, 2.05) is 75.4 Å². The summed E-state index contributed by atoms with van der Waals surface area (Å²) >= 11 is 0. The molecule has 3 aromatic carbocycles. The molecule has 2 atom stereocenters. The van der Waals surface area contributed by atoms with Crippen LogP contribution in [0.25, 0.3) is 10.8 Å². The number of rotatable bonds is 13. The largest absolute Gasteiger partial charge is 0.354 e. The van der Waals surface area contributed by atoms with Crippen molar-refractivity contribution in [3.05, 3.63) is 83.9 Å². The molecule has 4 amide bonds. The van der Waals surface area contributed by atoms with Gasteiger partial charge in [0.25, 0.3) is 0 Å². The molecule has 0 aliphatic rings. The molecule has 0 fully saturated rings. The van der Waals surface area contributed by atoms with Gasteiger partial charge in [0.05, 0.1) is 0 Å². The molecule has 0 heterocycles. The van der Waals surface area contributed by atoms with E-state index in [0.29, 0.717) is 19.4 Å². The Hall–Kier alpha value is -4.20. The first-order chi connectivity index (χ1) is 19.5. The predicted molar refractivity (Wildman–Crippen MR) is 162 cm³/mol. The lowest BCUT2D eigenvalue weighted by Gasteiger charge is -2.23. The van der Waals surface area contributed by atoms with Crippen LogP contribution in [0.5, 0.6) is 0 Å². The van der Waals surface area contributed by atoms with Crippen LogP contribution in [0, 0.1) is 0 Å². The summed E-state index contributed by atoms with van der Waals surface area (Å²) in [7, 11) is 0. The molecule has 0 radical (unpaired) electrons. The van der Waals surface area contributed by atoms with E-state index in [1.165, 1.54) is 0 Å². The minimum atomic E-state index is -0.949. The molecule has 0 saturated heterocycles. The number of hydrogen-bond donors (Lipinski definition) is 4. The fourth-order valence-corrected chi connectivity index (χ4v) is 4.56. The van der Waals surface area contributed by atoms with E-state index in [2.05, 4.69) is 39.5 Å². The molecule has 4 N–H and O–H groups in total. The van der Waals surface area contributed by atoms with Gasteiger partial charge in [0.1, 0.15) is 12.1 Å². The van der Waals surface area contributed by atoms with Gasteiger partial charge in [-0.05, 0) is 68.9 Å². The van der Waals surface area contributed by atoms with E-state index in [0.717, 1.165) is 21.9 Å². The maximum absolute atomic E-state index is 13.2. The Labute approximate surface area is 242 Å². The van der Waals surface area contributed by atoms with E-state index >= 15 is 0 Å². The highest BCUT2D eigenvalue weighted by Crippen LogP contribution is 2.18. The van der Waals surface area contributed by atoms with Crippen molar-refractivity contribution in [2.75, 3.05) is 6.54 Å². The second kappa shape index (κ2) is 15.0. The molecule has 0 aromatic heterocycles. The number of carbonyl (C=O) groups excluding carboxylic acids is 4. The second-order valence-electron chi connectivity index (χ2n) is 11.4. The average molecular weight is 559 g/mol. The first-order valence-corrected chi connectivity index (χ1v) is 14.2. The molecule has 8 nitrogen and oxygen atoms in total. The summed E-state index contributed by atoms with van der Waals surface area (Å²) in [5, 5.41) is 13.5. The first-order valence-electron chi connectivity index (χ1n) is 14.2. The molecule has 218 valence electrons. The van der Waals surface area contributed by atoms with Crippen LogP contribution >= 0.6 is 0 Å². The van der Waals surface area contributed by atoms with Gasteiger partial charge in [0.2, 0.25) is 23.6 Å². The van der Waals surface area contributed by atoms with Gasteiger partial charge < -0.3 is 21.3 Å². The van der Waals surface area contributed by atoms with Crippen LogP contribution in [0.3, 0.4) is 0 Å². The third kappa shape index (κ3) is 10.7. The van der Waals surface area contributed by atoms with E-state index in [-0.39, 0.29) is 37.0 Å². The number of carbonyl (C=O) groups is 4. The van der Waals surface area contributed by atoms with Crippen LogP contribution in [0.2, 0.25) is 0 Å². The van der Waals surface area contributed by atoms with Crippen LogP contribution < -0.4 is 21.3 Å². The van der Waals surface area contributed by atoms with E-state index < -0.39 is 23.5 Å². The maximum Gasteiger partial charge on any atom is 0.243 e. The molecular formula is C33H42N4O4. The lowest BCUT2D eigenvalue weighted by Crippen LogP contribution is -2.53. The van der Waals surface area contributed by atoms with Gasteiger partial charge in [0, 0.05) is 24.9 Å². The molecule has 0 spiro atoms. The normalized spacial score (nSPS) is 12.7. The Morgan fingerprint density at radius 1 is 0.732 bits per heavy atom.